The van der Waals surface area contributed by atoms with Crippen LogP contribution in [0.25, 0.3) is 0 Å². The third-order valence-corrected chi connectivity index (χ3v) is 4.42. The lowest BCUT2D eigenvalue weighted by Crippen LogP contribution is -2.39. The maximum Gasteiger partial charge on any atom is 0.279 e. The van der Waals surface area contributed by atoms with Gasteiger partial charge in [-0.05, 0) is 24.0 Å². The summed E-state index contributed by atoms with van der Waals surface area (Å²) in [6.45, 7) is 2.85. The Bertz CT molecular complexity index is 471. The van der Waals surface area contributed by atoms with Crippen LogP contribution in [0.2, 0.25) is 0 Å². The second-order valence-electron chi connectivity index (χ2n) is 4.45. The number of aliphatic hydroxyl groups excluding tert-OH is 1. The van der Waals surface area contributed by atoms with Gasteiger partial charge in [-0.1, -0.05) is 31.2 Å². The number of nitrogens with one attached hydrogen (secondary N) is 1. The van der Waals surface area contributed by atoms with Crippen LogP contribution < -0.4 is 4.72 Å². The molecule has 0 bridgehead atoms. The van der Waals surface area contributed by atoms with Crippen molar-refractivity contribution in [3.63, 3.8) is 0 Å². The van der Waals surface area contributed by atoms with Crippen LogP contribution in [-0.2, 0) is 23.2 Å². The molecule has 0 heterocycles. The van der Waals surface area contributed by atoms with E-state index in [-0.39, 0.29) is 6.61 Å². The molecule has 1 aromatic rings. The molecule has 1 rings (SSSR count). The van der Waals surface area contributed by atoms with E-state index in [4.69, 9.17) is 5.11 Å². The van der Waals surface area contributed by atoms with Crippen molar-refractivity contribution in [1.29, 1.82) is 0 Å². The average Bonchev–Trinajstić information content (AvgIpc) is 2.39. The summed E-state index contributed by atoms with van der Waals surface area (Å²) in [5.74, 6) is 0. The highest BCUT2D eigenvalue weighted by Crippen LogP contribution is 2.05. The molecule has 0 saturated heterocycles. The summed E-state index contributed by atoms with van der Waals surface area (Å²) < 4.78 is 27.5. The summed E-state index contributed by atoms with van der Waals surface area (Å²) in [6, 6.07) is 7.48. The van der Waals surface area contributed by atoms with E-state index in [9.17, 15) is 8.42 Å². The summed E-state index contributed by atoms with van der Waals surface area (Å²) in [5.41, 5.74) is 1.89. The molecular weight excluding hydrogens is 264 g/mol. The molecule has 0 unspecified atom stereocenters. The summed E-state index contributed by atoms with van der Waals surface area (Å²) in [6.07, 6.45) is 1.42. The molecule has 0 aromatic heterocycles. The van der Waals surface area contributed by atoms with Gasteiger partial charge in [-0.2, -0.15) is 12.7 Å². The van der Waals surface area contributed by atoms with Crippen LogP contribution in [0.15, 0.2) is 24.3 Å². The summed E-state index contributed by atoms with van der Waals surface area (Å²) >= 11 is 0. The molecule has 0 aliphatic rings. The van der Waals surface area contributed by atoms with Gasteiger partial charge in [0.05, 0.1) is 6.61 Å². The zero-order valence-corrected chi connectivity index (χ0v) is 12.3. The molecule has 0 spiro atoms. The molecule has 0 atom stereocenters. The standard InChI is InChI=1S/C13H22N2O3S/c1-3-10-15(2)19(17,18)14-9-8-12-4-6-13(11-16)7-5-12/h4-7,14,16H,3,8-11H2,1-2H3. The minimum absolute atomic E-state index is 0.0225. The van der Waals surface area contributed by atoms with Crippen LogP contribution in [0.1, 0.15) is 24.5 Å². The fraction of sp³-hybridized carbons (Fsp3) is 0.538. The molecule has 0 amide bonds. The van der Waals surface area contributed by atoms with Crippen molar-refractivity contribution in [3.05, 3.63) is 35.4 Å². The number of hydrogen-bond donors (Lipinski definition) is 2. The highest BCUT2D eigenvalue weighted by molar-refractivity contribution is 7.87. The van der Waals surface area contributed by atoms with Gasteiger partial charge in [0.25, 0.3) is 10.2 Å². The van der Waals surface area contributed by atoms with Gasteiger partial charge in [-0.3, -0.25) is 0 Å². The number of benzene rings is 1. The van der Waals surface area contributed by atoms with E-state index in [1.54, 1.807) is 7.05 Å². The third-order valence-electron chi connectivity index (χ3n) is 2.85. The first-order chi connectivity index (χ1) is 8.99. The van der Waals surface area contributed by atoms with Gasteiger partial charge in [0.1, 0.15) is 0 Å². The largest absolute Gasteiger partial charge is 0.392 e. The molecule has 5 nitrogen and oxygen atoms in total. The lowest BCUT2D eigenvalue weighted by molar-refractivity contribution is 0.282. The number of hydrogen-bond acceptors (Lipinski definition) is 3. The predicted octanol–water partition coefficient (Wildman–Crippen LogP) is 0.898. The Balaban J connectivity index is 2.44. The van der Waals surface area contributed by atoms with E-state index < -0.39 is 10.2 Å². The van der Waals surface area contributed by atoms with Crippen molar-refractivity contribution in [3.8, 4) is 0 Å². The lowest BCUT2D eigenvalue weighted by atomic mass is 10.1. The van der Waals surface area contributed by atoms with Crippen molar-refractivity contribution in [2.24, 2.45) is 0 Å². The first-order valence-corrected chi connectivity index (χ1v) is 7.83. The molecule has 1 aromatic carbocycles. The van der Waals surface area contributed by atoms with Gasteiger partial charge < -0.3 is 5.11 Å². The maximum atomic E-state index is 11.8. The van der Waals surface area contributed by atoms with E-state index >= 15 is 0 Å². The highest BCUT2D eigenvalue weighted by atomic mass is 32.2. The van der Waals surface area contributed by atoms with E-state index in [1.807, 2.05) is 31.2 Å². The normalized spacial score (nSPS) is 12.0. The van der Waals surface area contributed by atoms with Gasteiger partial charge in [0, 0.05) is 20.1 Å². The Morgan fingerprint density at radius 3 is 2.32 bits per heavy atom. The number of rotatable bonds is 8. The second kappa shape index (κ2) is 7.59. The van der Waals surface area contributed by atoms with Crippen molar-refractivity contribution >= 4 is 10.2 Å². The molecular formula is C13H22N2O3S. The van der Waals surface area contributed by atoms with Crippen LogP contribution in [0.5, 0.6) is 0 Å². The zero-order valence-electron chi connectivity index (χ0n) is 11.5. The summed E-state index contributed by atoms with van der Waals surface area (Å²) in [4.78, 5) is 0. The van der Waals surface area contributed by atoms with Crippen LogP contribution in [-0.4, -0.2) is 38.0 Å². The lowest BCUT2D eigenvalue weighted by Gasteiger charge is -2.16. The van der Waals surface area contributed by atoms with Crippen molar-refractivity contribution in [2.75, 3.05) is 20.1 Å². The molecule has 0 aliphatic carbocycles. The minimum Gasteiger partial charge on any atom is -0.392 e. The van der Waals surface area contributed by atoms with Gasteiger partial charge in [-0.25, -0.2) is 4.72 Å². The van der Waals surface area contributed by atoms with Crippen LogP contribution in [0.3, 0.4) is 0 Å². The molecule has 108 valence electrons. The van der Waals surface area contributed by atoms with Crippen LogP contribution >= 0.6 is 0 Å². The molecule has 2 N–H and O–H groups in total. The molecule has 0 aliphatic heterocycles. The average molecular weight is 286 g/mol. The minimum atomic E-state index is -3.36. The van der Waals surface area contributed by atoms with Crippen LogP contribution in [0, 0.1) is 0 Å². The number of aliphatic hydroxyl groups is 1. The molecule has 0 saturated carbocycles. The second-order valence-corrected chi connectivity index (χ2v) is 6.31. The van der Waals surface area contributed by atoms with Gasteiger partial charge in [0.2, 0.25) is 0 Å². The van der Waals surface area contributed by atoms with Gasteiger partial charge >= 0.3 is 0 Å². The fourth-order valence-electron chi connectivity index (χ4n) is 1.68. The molecule has 6 heteroatoms. The van der Waals surface area contributed by atoms with Crippen molar-refractivity contribution < 1.29 is 13.5 Å². The Hall–Kier alpha value is -0.950. The number of nitrogens with zero attached hydrogens (tertiary/aromatic N) is 1. The monoisotopic (exact) mass is 286 g/mol. The predicted molar refractivity (Wildman–Crippen MR) is 75.9 cm³/mol. The van der Waals surface area contributed by atoms with Gasteiger partial charge in [0.15, 0.2) is 0 Å². The van der Waals surface area contributed by atoms with E-state index in [0.29, 0.717) is 19.5 Å². The zero-order chi connectivity index (χ0) is 14.3. The Kier molecular flexibility index (Phi) is 6.44. The van der Waals surface area contributed by atoms with E-state index in [0.717, 1.165) is 17.5 Å². The maximum absolute atomic E-state index is 11.8. The van der Waals surface area contributed by atoms with Crippen LogP contribution in [0.4, 0.5) is 0 Å². The summed E-state index contributed by atoms with van der Waals surface area (Å²) in [7, 11) is -1.79. The molecule has 0 radical (unpaired) electrons. The third kappa shape index (κ3) is 5.28. The van der Waals surface area contributed by atoms with Gasteiger partial charge in [-0.15, -0.1) is 0 Å². The fourth-order valence-corrected chi connectivity index (χ4v) is 2.68. The van der Waals surface area contributed by atoms with Crippen molar-refractivity contribution in [1.82, 2.24) is 9.03 Å². The first kappa shape index (κ1) is 16.1. The summed E-state index contributed by atoms with van der Waals surface area (Å²) in [5, 5.41) is 8.93. The quantitative estimate of drug-likeness (QED) is 0.746. The smallest absolute Gasteiger partial charge is 0.279 e. The Morgan fingerprint density at radius 2 is 1.79 bits per heavy atom. The topological polar surface area (TPSA) is 69.6 Å². The SMILES string of the molecule is CCCN(C)S(=O)(=O)NCCc1ccc(CO)cc1. The molecule has 19 heavy (non-hydrogen) atoms. The van der Waals surface area contributed by atoms with Crippen molar-refractivity contribution in [2.45, 2.75) is 26.4 Å². The Morgan fingerprint density at radius 1 is 1.21 bits per heavy atom. The molecule has 0 fully saturated rings. The van der Waals surface area contributed by atoms with E-state index in [1.165, 1.54) is 4.31 Å². The Labute approximate surface area is 115 Å². The van der Waals surface area contributed by atoms with E-state index in [2.05, 4.69) is 4.72 Å². The highest BCUT2D eigenvalue weighted by Gasteiger charge is 2.15. The first-order valence-electron chi connectivity index (χ1n) is 6.39.